The minimum atomic E-state index is -0.789. The zero-order chi connectivity index (χ0) is 18.4. The van der Waals surface area contributed by atoms with Crippen LogP contribution in [0.15, 0.2) is 18.2 Å². The lowest BCUT2D eigenvalue weighted by Crippen LogP contribution is -2.51. The summed E-state index contributed by atoms with van der Waals surface area (Å²) in [6.07, 6.45) is 1.67. The van der Waals surface area contributed by atoms with E-state index in [0.717, 1.165) is 12.8 Å². The molecule has 0 N–H and O–H groups in total. The Bertz CT molecular complexity index is 621. The fourth-order valence-electron chi connectivity index (χ4n) is 2.44. The van der Waals surface area contributed by atoms with Gasteiger partial charge in [0.2, 0.25) is 0 Å². The van der Waals surface area contributed by atoms with E-state index in [0.29, 0.717) is 15.8 Å². The molecule has 0 heterocycles. The van der Waals surface area contributed by atoms with Gasteiger partial charge in [0.1, 0.15) is 5.75 Å². The first-order valence-electron chi connectivity index (χ1n) is 8.02. The molecule has 1 atom stereocenters. The first-order valence-corrected chi connectivity index (χ1v) is 8.78. The number of carbonyl (C=O) groups is 2. The standard InChI is InChI=1S/C17H21Cl2NO5/c1-3-24-17(22)14(9-23-2)20(12-5-6-12)16(21)10-25-15-8-11(18)4-7-13(15)19/h4,7-8,12,14H,3,5-6,9-10H2,1-2H3/t14-/m1/s1. The number of amides is 1. The Morgan fingerprint density at radius 1 is 1.32 bits per heavy atom. The third-order valence-electron chi connectivity index (χ3n) is 3.69. The Morgan fingerprint density at radius 3 is 2.64 bits per heavy atom. The summed E-state index contributed by atoms with van der Waals surface area (Å²) in [5.74, 6) is -0.489. The summed E-state index contributed by atoms with van der Waals surface area (Å²) >= 11 is 11.9. The largest absolute Gasteiger partial charge is 0.482 e. The van der Waals surface area contributed by atoms with Gasteiger partial charge in [-0.2, -0.15) is 0 Å². The zero-order valence-corrected chi connectivity index (χ0v) is 15.7. The molecule has 6 nitrogen and oxygen atoms in total. The van der Waals surface area contributed by atoms with Gasteiger partial charge in [-0.3, -0.25) is 4.79 Å². The third-order valence-corrected chi connectivity index (χ3v) is 4.24. The van der Waals surface area contributed by atoms with Crippen molar-refractivity contribution in [1.29, 1.82) is 0 Å². The van der Waals surface area contributed by atoms with E-state index in [-0.39, 0.29) is 31.8 Å². The molecule has 0 spiro atoms. The van der Waals surface area contributed by atoms with Gasteiger partial charge in [0.15, 0.2) is 12.6 Å². The molecule has 0 saturated heterocycles. The number of esters is 1. The van der Waals surface area contributed by atoms with Gasteiger partial charge in [0, 0.05) is 24.2 Å². The second-order valence-electron chi connectivity index (χ2n) is 5.62. The summed E-state index contributed by atoms with van der Waals surface area (Å²) in [7, 11) is 1.48. The molecular weight excluding hydrogens is 369 g/mol. The first-order chi connectivity index (χ1) is 12.0. The van der Waals surface area contributed by atoms with Crippen molar-refractivity contribution in [3.63, 3.8) is 0 Å². The maximum Gasteiger partial charge on any atom is 0.331 e. The van der Waals surface area contributed by atoms with E-state index >= 15 is 0 Å². The molecule has 0 unspecified atom stereocenters. The fourth-order valence-corrected chi connectivity index (χ4v) is 2.78. The molecule has 2 rings (SSSR count). The van der Waals surface area contributed by atoms with E-state index in [9.17, 15) is 9.59 Å². The van der Waals surface area contributed by atoms with Crippen LogP contribution in [0.2, 0.25) is 10.0 Å². The Kier molecular flexibility index (Phi) is 7.35. The number of methoxy groups -OCH3 is 1. The average molecular weight is 390 g/mol. The second-order valence-corrected chi connectivity index (χ2v) is 6.46. The summed E-state index contributed by atoms with van der Waals surface area (Å²) in [4.78, 5) is 26.4. The predicted octanol–water partition coefficient (Wildman–Crippen LogP) is 2.94. The molecule has 1 aromatic rings. The molecule has 0 aromatic heterocycles. The smallest absolute Gasteiger partial charge is 0.331 e. The summed E-state index contributed by atoms with van der Waals surface area (Å²) in [5, 5.41) is 0.809. The molecule has 1 saturated carbocycles. The number of hydrogen-bond acceptors (Lipinski definition) is 5. The molecule has 138 valence electrons. The lowest BCUT2D eigenvalue weighted by atomic mass is 10.2. The Balaban J connectivity index is 2.08. The Hall–Kier alpha value is -1.50. The topological polar surface area (TPSA) is 65.1 Å². The molecule has 0 bridgehead atoms. The number of rotatable bonds is 9. The van der Waals surface area contributed by atoms with Crippen molar-refractivity contribution in [1.82, 2.24) is 4.90 Å². The number of nitrogens with zero attached hydrogens (tertiary/aromatic N) is 1. The van der Waals surface area contributed by atoms with E-state index in [4.69, 9.17) is 37.4 Å². The lowest BCUT2D eigenvalue weighted by Gasteiger charge is -2.29. The van der Waals surface area contributed by atoms with E-state index in [1.165, 1.54) is 18.1 Å². The van der Waals surface area contributed by atoms with Gasteiger partial charge in [0.25, 0.3) is 5.91 Å². The van der Waals surface area contributed by atoms with Crippen LogP contribution < -0.4 is 4.74 Å². The molecule has 0 radical (unpaired) electrons. The summed E-state index contributed by atoms with van der Waals surface area (Å²) in [6, 6.07) is 3.97. The van der Waals surface area contributed by atoms with E-state index in [1.807, 2.05) is 0 Å². The van der Waals surface area contributed by atoms with Crippen molar-refractivity contribution >= 4 is 35.1 Å². The highest BCUT2D eigenvalue weighted by Gasteiger charge is 2.41. The molecule has 25 heavy (non-hydrogen) atoms. The highest BCUT2D eigenvalue weighted by Crippen LogP contribution is 2.31. The second kappa shape index (κ2) is 9.27. The van der Waals surface area contributed by atoms with Crippen LogP contribution >= 0.6 is 23.2 Å². The van der Waals surface area contributed by atoms with Crippen LogP contribution in [0.4, 0.5) is 0 Å². The molecule has 0 aliphatic heterocycles. The van der Waals surface area contributed by atoms with Crippen molar-refractivity contribution in [2.24, 2.45) is 0 Å². The van der Waals surface area contributed by atoms with Gasteiger partial charge < -0.3 is 19.1 Å². The van der Waals surface area contributed by atoms with Gasteiger partial charge >= 0.3 is 5.97 Å². The number of hydrogen-bond donors (Lipinski definition) is 0. The average Bonchev–Trinajstić information content (AvgIpc) is 3.40. The number of carbonyl (C=O) groups excluding carboxylic acids is 2. The number of benzene rings is 1. The number of halogens is 2. The van der Waals surface area contributed by atoms with Gasteiger partial charge in [-0.1, -0.05) is 23.2 Å². The van der Waals surface area contributed by atoms with Crippen LogP contribution in [0.25, 0.3) is 0 Å². The summed E-state index contributed by atoms with van der Waals surface area (Å²) < 4.78 is 15.7. The first kappa shape index (κ1) is 19.8. The van der Waals surface area contributed by atoms with Crippen molar-refractivity contribution in [3.05, 3.63) is 28.2 Å². The van der Waals surface area contributed by atoms with Gasteiger partial charge in [-0.15, -0.1) is 0 Å². The molecular formula is C17H21Cl2NO5. The predicted molar refractivity (Wildman–Crippen MR) is 94.1 cm³/mol. The minimum absolute atomic E-state index is 0.00418. The zero-order valence-electron chi connectivity index (χ0n) is 14.2. The molecule has 1 amide bonds. The van der Waals surface area contributed by atoms with Crippen LogP contribution in [0.1, 0.15) is 19.8 Å². The quantitative estimate of drug-likeness (QED) is 0.607. The van der Waals surface area contributed by atoms with E-state index in [2.05, 4.69) is 0 Å². The maximum absolute atomic E-state index is 12.7. The highest BCUT2D eigenvalue weighted by atomic mass is 35.5. The molecule has 1 aliphatic carbocycles. The van der Waals surface area contributed by atoms with Crippen molar-refractivity contribution in [3.8, 4) is 5.75 Å². The van der Waals surface area contributed by atoms with Crippen LogP contribution in [0, 0.1) is 0 Å². The monoisotopic (exact) mass is 389 g/mol. The van der Waals surface area contributed by atoms with Crippen LogP contribution in [0.5, 0.6) is 5.75 Å². The van der Waals surface area contributed by atoms with E-state index < -0.39 is 12.0 Å². The van der Waals surface area contributed by atoms with Crippen LogP contribution in [-0.2, 0) is 19.1 Å². The van der Waals surface area contributed by atoms with Crippen molar-refractivity contribution in [2.45, 2.75) is 31.8 Å². The van der Waals surface area contributed by atoms with Crippen molar-refractivity contribution < 1.29 is 23.8 Å². The molecule has 1 aromatic carbocycles. The number of ether oxygens (including phenoxy) is 3. The van der Waals surface area contributed by atoms with Crippen molar-refractivity contribution in [2.75, 3.05) is 26.9 Å². The van der Waals surface area contributed by atoms with Crippen LogP contribution in [0.3, 0.4) is 0 Å². The summed E-state index contributed by atoms with van der Waals surface area (Å²) in [6.45, 7) is 1.77. The molecule has 8 heteroatoms. The molecule has 1 aliphatic rings. The maximum atomic E-state index is 12.7. The highest BCUT2D eigenvalue weighted by molar-refractivity contribution is 6.34. The van der Waals surface area contributed by atoms with Gasteiger partial charge in [-0.05, 0) is 31.9 Å². The minimum Gasteiger partial charge on any atom is -0.482 e. The third kappa shape index (κ3) is 5.49. The SMILES string of the molecule is CCOC(=O)[C@@H](COC)N(C(=O)COc1cc(Cl)ccc1Cl)C1CC1. The summed E-state index contributed by atoms with van der Waals surface area (Å²) in [5.41, 5.74) is 0. The normalized spacial score (nSPS) is 14.7. The fraction of sp³-hybridized carbons (Fsp3) is 0.529. The Morgan fingerprint density at radius 2 is 2.04 bits per heavy atom. The van der Waals surface area contributed by atoms with Crippen LogP contribution in [-0.4, -0.2) is 55.8 Å². The Labute approximate surface area is 156 Å². The van der Waals surface area contributed by atoms with E-state index in [1.54, 1.807) is 19.1 Å². The molecule has 1 fully saturated rings. The lowest BCUT2D eigenvalue weighted by molar-refractivity contribution is -0.158. The van der Waals surface area contributed by atoms with Gasteiger partial charge in [-0.25, -0.2) is 4.79 Å². The van der Waals surface area contributed by atoms with Gasteiger partial charge in [0.05, 0.1) is 18.2 Å².